The predicted molar refractivity (Wildman–Crippen MR) is 69.3 cm³/mol. The van der Waals surface area contributed by atoms with Crippen LogP contribution in [0, 0.1) is 11.6 Å². The molecule has 0 amide bonds. The monoisotopic (exact) mass is 327 g/mol. The fourth-order valence-corrected chi connectivity index (χ4v) is 1.83. The van der Waals surface area contributed by atoms with Crippen molar-refractivity contribution in [3.8, 4) is 5.75 Å². The zero-order chi connectivity index (χ0) is 12.5. The van der Waals surface area contributed by atoms with E-state index in [2.05, 4.69) is 22.5 Å². The topological polar surface area (TPSA) is 46.2 Å². The van der Waals surface area contributed by atoms with Crippen LogP contribution in [0.2, 0.25) is 0 Å². The molecule has 0 aliphatic heterocycles. The molecule has 17 heavy (non-hydrogen) atoms. The zero-order valence-corrected chi connectivity index (χ0v) is 11.5. The van der Waals surface area contributed by atoms with E-state index < -0.39 is 17.7 Å². The summed E-state index contributed by atoms with van der Waals surface area (Å²) in [6.07, 6.45) is 0.278. The normalized spacial score (nSPS) is 11.8. The standard InChI is InChI=1S/C11H12BrF2NO.ClH/c1-5(2)3-8(15)9-10(14)7(13)4-6(12)11(9)16;/h4,8,16H,1,3,15H2,2H3;1H/t8-;/m0./s1. The fraction of sp³-hybridized carbons (Fsp3) is 0.273. The van der Waals surface area contributed by atoms with Gasteiger partial charge in [-0.25, -0.2) is 8.78 Å². The van der Waals surface area contributed by atoms with Gasteiger partial charge in [-0.3, -0.25) is 0 Å². The Morgan fingerprint density at radius 1 is 1.59 bits per heavy atom. The minimum absolute atomic E-state index is 0. The molecule has 1 aromatic carbocycles. The number of aromatic hydroxyl groups is 1. The molecule has 0 aliphatic rings. The fourth-order valence-electron chi connectivity index (χ4n) is 1.42. The minimum Gasteiger partial charge on any atom is -0.506 e. The Morgan fingerprint density at radius 3 is 2.59 bits per heavy atom. The third kappa shape index (κ3) is 3.66. The Hall–Kier alpha value is -0.650. The van der Waals surface area contributed by atoms with Crippen LogP contribution < -0.4 is 5.73 Å². The molecular formula is C11H13BrClF2NO. The van der Waals surface area contributed by atoms with Gasteiger partial charge in [0.1, 0.15) is 5.75 Å². The maximum absolute atomic E-state index is 13.5. The van der Waals surface area contributed by atoms with Gasteiger partial charge in [0, 0.05) is 6.04 Å². The molecule has 96 valence electrons. The number of hydrogen-bond donors (Lipinski definition) is 2. The first-order valence-electron chi connectivity index (χ1n) is 4.61. The van der Waals surface area contributed by atoms with E-state index in [9.17, 15) is 13.9 Å². The lowest BCUT2D eigenvalue weighted by atomic mass is 9.99. The summed E-state index contributed by atoms with van der Waals surface area (Å²) in [4.78, 5) is 0. The Labute approximate surface area is 113 Å². The number of benzene rings is 1. The molecule has 0 heterocycles. The number of nitrogens with two attached hydrogens (primary N) is 1. The van der Waals surface area contributed by atoms with Crippen LogP contribution in [0.25, 0.3) is 0 Å². The average Bonchev–Trinajstić information content (AvgIpc) is 2.14. The van der Waals surface area contributed by atoms with Gasteiger partial charge in [-0.05, 0) is 35.3 Å². The molecule has 1 atom stereocenters. The second-order valence-electron chi connectivity index (χ2n) is 3.68. The highest BCUT2D eigenvalue weighted by atomic mass is 79.9. The van der Waals surface area contributed by atoms with Crippen molar-refractivity contribution in [2.24, 2.45) is 5.73 Å². The molecular weight excluding hydrogens is 315 g/mol. The van der Waals surface area contributed by atoms with Gasteiger partial charge in [0.15, 0.2) is 11.6 Å². The Kier molecular flexibility index (Phi) is 6.09. The van der Waals surface area contributed by atoms with Crippen LogP contribution in [0.1, 0.15) is 24.9 Å². The van der Waals surface area contributed by atoms with Crippen molar-refractivity contribution in [3.05, 3.63) is 39.9 Å². The second-order valence-corrected chi connectivity index (χ2v) is 4.54. The first kappa shape index (κ1) is 16.4. The van der Waals surface area contributed by atoms with Crippen molar-refractivity contribution < 1.29 is 13.9 Å². The van der Waals surface area contributed by atoms with Crippen molar-refractivity contribution in [2.45, 2.75) is 19.4 Å². The van der Waals surface area contributed by atoms with E-state index in [1.807, 2.05) is 0 Å². The van der Waals surface area contributed by atoms with E-state index in [1.165, 1.54) is 0 Å². The summed E-state index contributed by atoms with van der Waals surface area (Å²) >= 11 is 2.93. The largest absolute Gasteiger partial charge is 0.506 e. The molecule has 0 aromatic heterocycles. The van der Waals surface area contributed by atoms with Crippen molar-refractivity contribution in [3.63, 3.8) is 0 Å². The van der Waals surface area contributed by atoms with Crippen molar-refractivity contribution in [1.29, 1.82) is 0 Å². The third-order valence-electron chi connectivity index (χ3n) is 2.12. The highest BCUT2D eigenvalue weighted by molar-refractivity contribution is 9.10. The van der Waals surface area contributed by atoms with Gasteiger partial charge in [0.05, 0.1) is 10.0 Å². The smallest absolute Gasteiger partial charge is 0.167 e. The van der Waals surface area contributed by atoms with Crippen LogP contribution in [-0.4, -0.2) is 5.11 Å². The summed E-state index contributed by atoms with van der Waals surface area (Å²) < 4.78 is 26.7. The van der Waals surface area contributed by atoms with Crippen molar-refractivity contribution in [1.82, 2.24) is 0 Å². The zero-order valence-electron chi connectivity index (χ0n) is 9.14. The lowest BCUT2D eigenvalue weighted by molar-refractivity contribution is 0.427. The Bertz CT molecular complexity index is 414. The van der Waals surface area contributed by atoms with Crippen LogP contribution in [0.4, 0.5) is 8.78 Å². The number of halogens is 4. The van der Waals surface area contributed by atoms with E-state index in [0.29, 0.717) is 0 Å². The van der Waals surface area contributed by atoms with Crippen LogP contribution in [0.15, 0.2) is 22.7 Å². The maximum atomic E-state index is 13.5. The van der Waals surface area contributed by atoms with Crippen LogP contribution in [0.3, 0.4) is 0 Å². The van der Waals surface area contributed by atoms with Crippen LogP contribution in [-0.2, 0) is 0 Å². The first-order valence-corrected chi connectivity index (χ1v) is 5.40. The van der Waals surface area contributed by atoms with E-state index >= 15 is 0 Å². The van der Waals surface area contributed by atoms with Gasteiger partial charge in [-0.1, -0.05) is 5.57 Å². The quantitative estimate of drug-likeness (QED) is 0.654. The van der Waals surface area contributed by atoms with Gasteiger partial charge >= 0.3 is 0 Å². The van der Waals surface area contributed by atoms with Gasteiger partial charge in [0.2, 0.25) is 0 Å². The molecule has 0 saturated heterocycles. The highest BCUT2D eigenvalue weighted by Gasteiger charge is 2.22. The number of phenols is 1. The van der Waals surface area contributed by atoms with Gasteiger partial charge in [-0.15, -0.1) is 19.0 Å². The molecule has 2 nitrogen and oxygen atoms in total. The SMILES string of the molecule is C=C(C)C[C@H](N)c1c(O)c(Br)cc(F)c1F.Cl. The number of phenolic OH excluding ortho intramolecular Hbond substituents is 1. The molecule has 0 aliphatic carbocycles. The minimum atomic E-state index is -1.12. The van der Waals surface area contributed by atoms with Gasteiger partial charge < -0.3 is 10.8 Å². The van der Waals surface area contributed by atoms with Crippen molar-refractivity contribution in [2.75, 3.05) is 0 Å². The summed E-state index contributed by atoms with van der Waals surface area (Å²) in [5.74, 6) is -2.53. The van der Waals surface area contributed by atoms with Gasteiger partial charge in [-0.2, -0.15) is 0 Å². The average molecular weight is 329 g/mol. The molecule has 0 fully saturated rings. The molecule has 1 aromatic rings. The number of hydrogen-bond acceptors (Lipinski definition) is 2. The lowest BCUT2D eigenvalue weighted by Crippen LogP contribution is -2.14. The molecule has 0 bridgehead atoms. The predicted octanol–water partition coefficient (Wildman–Crippen LogP) is 3.82. The van der Waals surface area contributed by atoms with E-state index in [1.54, 1.807) is 6.92 Å². The van der Waals surface area contributed by atoms with Crippen LogP contribution >= 0.6 is 28.3 Å². The molecule has 6 heteroatoms. The second kappa shape index (κ2) is 6.33. The molecule has 3 N–H and O–H groups in total. The summed E-state index contributed by atoms with van der Waals surface area (Å²) in [7, 11) is 0. The highest BCUT2D eigenvalue weighted by Crippen LogP contribution is 2.36. The van der Waals surface area contributed by atoms with E-state index in [0.717, 1.165) is 11.6 Å². The van der Waals surface area contributed by atoms with Gasteiger partial charge in [0.25, 0.3) is 0 Å². The summed E-state index contributed by atoms with van der Waals surface area (Å²) in [5, 5.41) is 9.62. The Balaban J connectivity index is 0.00000256. The van der Waals surface area contributed by atoms with Crippen molar-refractivity contribution >= 4 is 28.3 Å². The molecule has 0 unspecified atom stereocenters. The van der Waals surface area contributed by atoms with E-state index in [-0.39, 0.29) is 34.6 Å². The first-order chi connectivity index (χ1) is 7.34. The van der Waals surface area contributed by atoms with E-state index in [4.69, 9.17) is 5.73 Å². The lowest BCUT2D eigenvalue weighted by Gasteiger charge is -2.15. The summed E-state index contributed by atoms with van der Waals surface area (Å²) in [6, 6.07) is 0.0475. The molecule has 0 saturated carbocycles. The van der Waals surface area contributed by atoms with Crippen LogP contribution in [0.5, 0.6) is 5.75 Å². The third-order valence-corrected chi connectivity index (χ3v) is 2.72. The maximum Gasteiger partial charge on any atom is 0.167 e. The molecule has 0 spiro atoms. The summed E-state index contributed by atoms with van der Waals surface area (Å²) in [6.45, 7) is 5.36. The molecule has 1 rings (SSSR count). The summed E-state index contributed by atoms with van der Waals surface area (Å²) in [5.41, 5.74) is 6.19. The Morgan fingerprint density at radius 2 is 2.12 bits per heavy atom. The molecule has 0 radical (unpaired) electrons. The number of rotatable bonds is 3.